The molecule has 4 aromatic rings. The third kappa shape index (κ3) is 4.19. The Kier molecular flexibility index (Phi) is 5.54. The van der Waals surface area contributed by atoms with Crippen LogP contribution < -0.4 is 10.6 Å². The average Bonchev–Trinajstić information content (AvgIpc) is 3.37. The van der Waals surface area contributed by atoms with Gasteiger partial charge in [-0.25, -0.2) is 4.98 Å². The second kappa shape index (κ2) is 9.00. The topological polar surface area (TPSA) is 85.9 Å². The van der Waals surface area contributed by atoms with Gasteiger partial charge in [0.15, 0.2) is 0 Å². The Morgan fingerprint density at radius 3 is 2.71 bits per heavy atom. The number of anilines is 2. The van der Waals surface area contributed by atoms with Gasteiger partial charge < -0.3 is 20.3 Å². The van der Waals surface area contributed by atoms with Crippen LogP contribution in [0.3, 0.4) is 0 Å². The number of carbonyl (C=O) groups is 1. The van der Waals surface area contributed by atoms with Crippen LogP contribution in [0.2, 0.25) is 0 Å². The van der Waals surface area contributed by atoms with Crippen LogP contribution in [0, 0.1) is 0 Å². The van der Waals surface area contributed by atoms with Crippen molar-refractivity contribution in [2.45, 2.75) is 24.8 Å². The van der Waals surface area contributed by atoms with Crippen molar-refractivity contribution in [1.29, 1.82) is 0 Å². The number of hydrogen-bond acceptors (Lipinski definition) is 6. The first-order valence-electron chi connectivity index (χ1n) is 12.1. The number of nitrogens with zero attached hydrogens (tertiary/aromatic N) is 3. The third-order valence-electron chi connectivity index (χ3n) is 7.18. The van der Waals surface area contributed by atoms with Crippen LogP contribution in [0.4, 0.5) is 11.5 Å². The Labute approximate surface area is 204 Å². The fraction of sp³-hybridized carbons (Fsp3) is 0.250. The summed E-state index contributed by atoms with van der Waals surface area (Å²) >= 11 is 0. The minimum atomic E-state index is -0.451. The number of aromatic amines is 1. The van der Waals surface area contributed by atoms with Crippen molar-refractivity contribution in [3.63, 3.8) is 0 Å². The zero-order valence-corrected chi connectivity index (χ0v) is 19.7. The van der Waals surface area contributed by atoms with Gasteiger partial charge in [0.25, 0.3) is 0 Å². The lowest BCUT2D eigenvalue weighted by molar-refractivity contribution is -0.109. The predicted molar refractivity (Wildman–Crippen MR) is 139 cm³/mol. The summed E-state index contributed by atoms with van der Waals surface area (Å²) in [6.07, 6.45) is 8.94. The van der Waals surface area contributed by atoms with Crippen LogP contribution in [0.25, 0.3) is 28.2 Å². The lowest BCUT2D eigenvalue weighted by atomic mass is 9.89. The monoisotopic (exact) mass is 464 g/mol. The highest BCUT2D eigenvalue weighted by Crippen LogP contribution is 2.35. The summed E-state index contributed by atoms with van der Waals surface area (Å²) in [6, 6.07) is 16.4. The number of piperidine rings is 1. The molecule has 176 valence electrons. The van der Waals surface area contributed by atoms with Crippen molar-refractivity contribution in [2.75, 3.05) is 25.5 Å². The molecule has 0 aliphatic carbocycles. The van der Waals surface area contributed by atoms with Gasteiger partial charge in [-0.15, -0.1) is 0 Å². The lowest BCUT2D eigenvalue weighted by Crippen LogP contribution is -2.29. The molecule has 3 N–H and O–H groups in total. The Balaban J connectivity index is 1.35. The second-order valence-corrected chi connectivity index (χ2v) is 9.47. The SMILES string of the molecule is CN1CCC(c2ccc(Nc3nc(-c4ccc5cn[nH]c5c4)cc4c3C(C=O)NC=C4)cc2)CC1. The van der Waals surface area contributed by atoms with Gasteiger partial charge in [0, 0.05) is 22.2 Å². The van der Waals surface area contributed by atoms with Gasteiger partial charge in [-0.2, -0.15) is 5.10 Å². The van der Waals surface area contributed by atoms with E-state index in [4.69, 9.17) is 4.98 Å². The minimum Gasteiger partial charge on any atom is -0.378 e. The van der Waals surface area contributed by atoms with Crippen molar-refractivity contribution in [3.8, 4) is 11.3 Å². The zero-order chi connectivity index (χ0) is 23.8. The minimum absolute atomic E-state index is 0.451. The number of pyridine rings is 1. The van der Waals surface area contributed by atoms with Gasteiger partial charge in [-0.1, -0.05) is 24.3 Å². The van der Waals surface area contributed by atoms with E-state index in [-0.39, 0.29) is 0 Å². The highest BCUT2D eigenvalue weighted by molar-refractivity contribution is 5.85. The molecule has 1 unspecified atom stereocenters. The van der Waals surface area contributed by atoms with Gasteiger partial charge in [0.05, 0.1) is 17.4 Å². The van der Waals surface area contributed by atoms with Crippen LogP contribution in [-0.4, -0.2) is 46.5 Å². The van der Waals surface area contributed by atoms with E-state index in [1.165, 1.54) is 18.4 Å². The van der Waals surface area contributed by atoms with E-state index in [0.717, 1.165) is 58.4 Å². The van der Waals surface area contributed by atoms with Gasteiger partial charge in [-0.3, -0.25) is 5.10 Å². The lowest BCUT2D eigenvalue weighted by Gasteiger charge is -2.29. The van der Waals surface area contributed by atoms with Crippen LogP contribution in [0.5, 0.6) is 0 Å². The van der Waals surface area contributed by atoms with Gasteiger partial charge in [-0.05, 0) is 86.6 Å². The smallest absolute Gasteiger partial charge is 0.146 e. The van der Waals surface area contributed by atoms with E-state index in [1.54, 1.807) is 0 Å². The fourth-order valence-corrected chi connectivity index (χ4v) is 5.13. The summed E-state index contributed by atoms with van der Waals surface area (Å²) in [5.74, 6) is 1.30. The second-order valence-electron chi connectivity index (χ2n) is 9.47. The fourth-order valence-electron chi connectivity index (χ4n) is 5.13. The molecule has 0 saturated carbocycles. The molecule has 1 saturated heterocycles. The number of carbonyl (C=O) groups excluding carboxylic acids is 1. The van der Waals surface area contributed by atoms with E-state index in [1.807, 2.05) is 30.6 Å². The van der Waals surface area contributed by atoms with Gasteiger partial charge in [0.2, 0.25) is 0 Å². The van der Waals surface area contributed by atoms with Crippen LogP contribution >= 0.6 is 0 Å². The largest absolute Gasteiger partial charge is 0.378 e. The summed E-state index contributed by atoms with van der Waals surface area (Å²) in [7, 11) is 2.19. The number of benzene rings is 2. The van der Waals surface area contributed by atoms with Gasteiger partial charge in [0.1, 0.15) is 18.1 Å². The maximum Gasteiger partial charge on any atom is 0.146 e. The molecule has 7 heteroatoms. The summed E-state index contributed by atoms with van der Waals surface area (Å²) in [6.45, 7) is 2.29. The number of likely N-dealkylation sites (tertiary alicyclic amines) is 1. The molecule has 1 fully saturated rings. The number of aromatic nitrogens is 3. The number of H-pyrrole nitrogens is 1. The molecule has 1 atom stereocenters. The molecule has 4 heterocycles. The molecule has 2 aliphatic heterocycles. The normalized spacial score (nSPS) is 18.3. The van der Waals surface area contributed by atoms with E-state index in [0.29, 0.717) is 11.7 Å². The highest BCUT2D eigenvalue weighted by atomic mass is 16.1. The molecule has 35 heavy (non-hydrogen) atoms. The number of fused-ring (bicyclic) bond motifs is 2. The maximum atomic E-state index is 11.9. The first-order valence-corrected chi connectivity index (χ1v) is 12.1. The van der Waals surface area contributed by atoms with Crippen LogP contribution in [0.15, 0.2) is 60.9 Å². The molecular weight excluding hydrogens is 436 g/mol. The summed E-state index contributed by atoms with van der Waals surface area (Å²) in [4.78, 5) is 19.2. The summed E-state index contributed by atoms with van der Waals surface area (Å²) in [5.41, 5.74) is 6.95. The number of nitrogens with one attached hydrogen (secondary N) is 3. The standard InChI is InChI=1S/C28H28N6O/c1-34-12-9-19(10-13-34)18-4-6-23(7-5-18)31-28-27-21(8-11-29-26(27)17-35)15-24(32-28)20-2-3-22-16-30-33-25(22)14-20/h2-8,11,14-17,19,26,29H,9-10,12-13H2,1H3,(H,30,33)(H,31,32). The molecule has 6 rings (SSSR count). The Hall–Kier alpha value is -3.97. The molecule has 2 aromatic heterocycles. The molecule has 2 aliphatic rings. The van der Waals surface area contributed by atoms with E-state index >= 15 is 0 Å². The van der Waals surface area contributed by atoms with Crippen molar-refractivity contribution in [1.82, 2.24) is 25.4 Å². The van der Waals surface area contributed by atoms with Crippen LogP contribution in [0.1, 0.15) is 41.5 Å². The molecule has 7 nitrogen and oxygen atoms in total. The Bertz CT molecular complexity index is 1400. The Morgan fingerprint density at radius 1 is 1.09 bits per heavy atom. The van der Waals surface area contributed by atoms with E-state index in [9.17, 15) is 4.79 Å². The third-order valence-corrected chi connectivity index (χ3v) is 7.18. The average molecular weight is 465 g/mol. The number of rotatable bonds is 5. The molecule has 0 radical (unpaired) electrons. The van der Waals surface area contributed by atoms with Crippen LogP contribution in [-0.2, 0) is 4.79 Å². The van der Waals surface area contributed by atoms with Crippen molar-refractivity contribution in [3.05, 3.63) is 77.6 Å². The first kappa shape index (κ1) is 21.6. The number of hydrogen-bond donors (Lipinski definition) is 3. The molecule has 2 aromatic carbocycles. The highest BCUT2D eigenvalue weighted by Gasteiger charge is 2.23. The predicted octanol–water partition coefficient (Wildman–Crippen LogP) is 4.99. The molecule has 0 amide bonds. The van der Waals surface area contributed by atoms with Crippen molar-refractivity contribution < 1.29 is 4.79 Å². The Morgan fingerprint density at radius 2 is 1.91 bits per heavy atom. The first-order chi connectivity index (χ1) is 17.2. The zero-order valence-electron chi connectivity index (χ0n) is 19.7. The summed E-state index contributed by atoms with van der Waals surface area (Å²) < 4.78 is 0. The quantitative estimate of drug-likeness (QED) is 0.361. The molecular formula is C28H28N6O. The maximum absolute atomic E-state index is 11.9. The molecule has 0 bridgehead atoms. The molecule has 0 spiro atoms. The van der Waals surface area contributed by atoms with Crippen molar-refractivity contribution >= 4 is 34.8 Å². The van der Waals surface area contributed by atoms with Crippen molar-refractivity contribution in [2.24, 2.45) is 0 Å². The van der Waals surface area contributed by atoms with E-state index in [2.05, 4.69) is 69.2 Å². The summed E-state index contributed by atoms with van der Waals surface area (Å²) in [5, 5.41) is 14.9. The number of aldehydes is 1. The van der Waals surface area contributed by atoms with E-state index < -0.39 is 6.04 Å². The van der Waals surface area contributed by atoms with Gasteiger partial charge >= 0.3 is 0 Å².